The van der Waals surface area contributed by atoms with Crippen LogP contribution < -0.4 is 4.90 Å². The van der Waals surface area contributed by atoms with E-state index in [1.165, 1.54) is 47.1 Å². The van der Waals surface area contributed by atoms with Gasteiger partial charge in [0, 0.05) is 22.8 Å². The lowest BCUT2D eigenvalue weighted by Crippen LogP contribution is -2.28. The molecular weight excluding hydrogens is 260 g/mol. The Bertz CT molecular complexity index is 571. The zero-order valence-electron chi connectivity index (χ0n) is 10.1. The predicted molar refractivity (Wildman–Crippen MR) is 80.0 cm³/mol. The number of nitrogens with zero attached hydrogens (tertiary/aromatic N) is 2. The van der Waals surface area contributed by atoms with Crippen LogP contribution in [0.25, 0.3) is 14.6 Å². The maximum Gasteiger partial charge on any atom is 0.241 e. The molecule has 2 aromatic heterocycles. The molecule has 1 fully saturated rings. The Hall–Kier alpha value is -1.31. The summed E-state index contributed by atoms with van der Waals surface area (Å²) in [5.41, 5.74) is 0. The molecule has 1 saturated heterocycles. The minimum atomic E-state index is 0.776. The zero-order valence-corrected chi connectivity index (χ0v) is 11.7. The van der Waals surface area contributed by atoms with E-state index in [4.69, 9.17) is 6.57 Å². The number of piperidine rings is 1. The first-order valence-corrected chi connectivity index (χ1v) is 7.82. The molecule has 1 aliphatic heterocycles. The monoisotopic (exact) mass is 274 g/mol. The van der Waals surface area contributed by atoms with E-state index in [1.54, 1.807) is 11.3 Å². The second-order valence-electron chi connectivity index (χ2n) is 4.44. The smallest absolute Gasteiger partial charge is 0.241 e. The minimum Gasteiger partial charge on any atom is -0.363 e. The second kappa shape index (κ2) is 5.13. The Kier molecular flexibility index (Phi) is 3.35. The summed E-state index contributed by atoms with van der Waals surface area (Å²) >= 11 is 3.43. The fourth-order valence-corrected chi connectivity index (χ4v) is 4.20. The molecule has 18 heavy (non-hydrogen) atoms. The van der Waals surface area contributed by atoms with Gasteiger partial charge < -0.3 is 4.90 Å². The lowest BCUT2D eigenvalue weighted by atomic mass is 10.1. The van der Waals surface area contributed by atoms with Crippen molar-refractivity contribution in [3.05, 3.63) is 35.7 Å². The van der Waals surface area contributed by atoms with E-state index in [-0.39, 0.29) is 0 Å². The van der Waals surface area contributed by atoms with Crippen molar-refractivity contribution in [1.82, 2.24) is 0 Å². The van der Waals surface area contributed by atoms with Crippen molar-refractivity contribution in [2.75, 3.05) is 18.0 Å². The predicted octanol–water partition coefficient (Wildman–Crippen LogP) is 5.02. The fraction of sp³-hybridized carbons (Fsp3) is 0.357. The summed E-state index contributed by atoms with van der Waals surface area (Å²) in [5.74, 6) is 0. The van der Waals surface area contributed by atoms with Gasteiger partial charge in [-0.25, -0.2) is 4.85 Å². The molecule has 4 heteroatoms. The van der Waals surface area contributed by atoms with Gasteiger partial charge in [0.15, 0.2) is 0 Å². The van der Waals surface area contributed by atoms with Crippen molar-refractivity contribution in [2.24, 2.45) is 0 Å². The van der Waals surface area contributed by atoms with E-state index in [1.807, 2.05) is 17.4 Å². The van der Waals surface area contributed by atoms with Gasteiger partial charge in [0.25, 0.3) is 0 Å². The molecule has 0 aromatic carbocycles. The molecule has 3 rings (SSSR count). The standard InChI is InChI=1S/C14H14N2S2/c1-15-13-7-5-11(17-13)12-6-8-14(18-12)16-9-3-2-4-10-16/h5-8H,2-4,9-10H2. The quantitative estimate of drug-likeness (QED) is 0.698. The third-order valence-corrected chi connectivity index (χ3v) is 5.53. The van der Waals surface area contributed by atoms with Crippen LogP contribution in [0, 0.1) is 6.57 Å². The molecule has 0 aliphatic carbocycles. The van der Waals surface area contributed by atoms with Gasteiger partial charge in [-0.05, 0) is 37.5 Å². The molecular formula is C14H14N2S2. The highest BCUT2D eigenvalue weighted by Gasteiger charge is 2.14. The van der Waals surface area contributed by atoms with Crippen LogP contribution in [-0.4, -0.2) is 13.1 Å². The van der Waals surface area contributed by atoms with Gasteiger partial charge in [0.2, 0.25) is 5.00 Å². The number of rotatable bonds is 2. The van der Waals surface area contributed by atoms with E-state index in [9.17, 15) is 0 Å². The first kappa shape index (κ1) is 11.8. The highest BCUT2D eigenvalue weighted by atomic mass is 32.1. The fourth-order valence-electron chi connectivity index (χ4n) is 2.26. The molecule has 0 spiro atoms. The van der Waals surface area contributed by atoms with Crippen molar-refractivity contribution < 1.29 is 0 Å². The first-order chi connectivity index (χ1) is 8.86. The molecule has 92 valence electrons. The third-order valence-electron chi connectivity index (χ3n) is 3.20. The van der Waals surface area contributed by atoms with Crippen LogP contribution >= 0.6 is 22.7 Å². The number of hydrogen-bond acceptors (Lipinski definition) is 3. The topological polar surface area (TPSA) is 7.60 Å². The van der Waals surface area contributed by atoms with Crippen molar-refractivity contribution in [2.45, 2.75) is 19.3 Å². The van der Waals surface area contributed by atoms with Crippen LogP contribution in [0.3, 0.4) is 0 Å². The van der Waals surface area contributed by atoms with Gasteiger partial charge in [-0.15, -0.1) is 11.3 Å². The highest BCUT2D eigenvalue weighted by molar-refractivity contribution is 7.25. The summed E-state index contributed by atoms with van der Waals surface area (Å²) in [6.45, 7) is 9.40. The highest BCUT2D eigenvalue weighted by Crippen LogP contribution is 2.40. The van der Waals surface area contributed by atoms with Gasteiger partial charge in [0.05, 0.1) is 11.6 Å². The summed E-state index contributed by atoms with van der Waals surface area (Å²) in [6.07, 6.45) is 4.00. The minimum absolute atomic E-state index is 0.776. The molecule has 0 radical (unpaired) electrons. The molecule has 0 unspecified atom stereocenters. The van der Waals surface area contributed by atoms with Gasteiger partial charge in [-0.2, -0.15) is 11.3 Å². The van der Waals surface area contributed by atoms with Crippen molar-refractivity contribution >= 4 is 32.7 Å². The van der Waals surface area contributed by atoms with Crippen molar-refractivity contribution in [3.8, 4) is 9.75 Å². The molecule has 0 atom stereocenters. The van der Waals surface area contributed by atoms with Gasteiger partial charge in [-0.3, -0.25) is 0 Å². The van der Waals surface area contributed by atoms with Gasteiger partial charge in [0.1, 0.15) is 0 Å². The van der Waals surface area contributed by atoms with E-state index in [0.29, 0.717) is 0 Å². The van der Waals surface area contributed by atoms with Crippen LogP contribution in [0.5, 0.6) is 0 Å². The Labute approximate surface area is 115 Å². The average Bonchev–Trinajstić information content (AvgIpc) is 3.08. The lowest BCUT2D eigenvalue weighted by molar-refractivity contribution is 0.580. The van der Waals surface area contributed by atoms with Crippen LogP contribution in [0.2, 0.25) is 0 Å². The summed E-state index contributed by atoms with van der Waals surface area (Å²) in [7, 11) is 0. The molecule has 1 aliphatic rings. The van der Waals surface area contributed by atoms with Gasteiger partial charge in [-0.1, -0.05) is 6.07 Å². The zero-order chi connectivity index (χ0) is 12.4. The lowest BCUT2D eigenvalue weighted by Gasteiger charge is -2.27. The Morgan fingerprint density at radius 2 is 1.67 bits per heavy atom. The molecule has 0 amide bonds. The van der Waals surface area contributed by atoms with Gasteiger partial charge >= 0.3 is 0 Å². The second-order valence-corrected chi connectivity index (χ2v) is 6.56. The SMILES string of the molecule is [C-]#[N+]c1ccc(-c2ccc(N3CCCCC3)s2)s1. The van der Waals surface area contributed by atoms with Crippen LogP contribution in [0.4, 0.5) is 10.0 Å². The molecule has 0 saturated carbocycles. The number of thiophene rings is 2. The molecule has 2 aromatic rings. The average molecular weight is 274 g/mol. The summed E-state index contributed by atoms with van der Waals surface area (Å²) < 4.78 is 0. The van der Waals surface area contributed by atoms with Crippen molar-refractivity contribution in [1.29, 1.82) is 0 Å². The maximum atomic E-state index is 7.02. The molecule has 2 nitrogen and oxygen atoms in total. The van der Waals surface area contributed by atoms with E-state index >= 15 is 0 Å². The van der Waals surface area contributed by atoms with Crippen LogP contribution in [0.1, 0.15) is 19.3 Å². The van der Waals surface area contributed by atoms with Crippen LogP contribution in [-0.2, 0) is 0 Å². The summed E-state index contributed by atoms with van der Waals surface area (Å²) in [5, 5.41) is 2.15. The maximum absolute atomic E-state index is 7.02. The molecule has 0 bridgehead atoms. The summed E-state index contributed by atoms with van der Waals surface area (Å²) in [4.78, 5) is 8.47. The van der Waals surface area contributed by atoms with E-state index in [2.05, 4.69) is 27.9 Å². The normalized spacial score (nSPS) is 15.6. The largest absolute Gasteiger partial charge is 0.363 e. The van der Waals surface area contributed by atoms with E-state index in [0.717, 1.165) is 5.00 Å². The summed E-state index contributed by atoms with van der Waals surface area (Å²) in [6, 6.07) is 8.38. The Morgan fingerprint density at radius 3 is 2.39 bits per heavy atom. The molecule has 3 heterocycles. The van der Waals surface area contributed by atoms with E-state index < -0.39 is 0 Å². The Balaban J connectivity index is 1.82. The number of hydrogen-bond donors (Lipinski definition) is 0. The van der Waals surface area contributed by atoms with Crippen molar-refractivity contribution in [3.63, 3.8) is 0 Å². The molecule has 0 N–H and O–H groups in total. The Morgan fingerprint density at radius 1 is 0.944 bits per heavy atom. The van der Waals surface area contributed by atoms with Crippen LogP contribution in [0.15, 0.2) is 24.3 Å². The first-order valence-electron chi connectivity index (χ1n) is 6.19. The number of anilines is 1. The third kappa shape index (κ3) is 2.29.